The van der Waals surface area contributed by atoms with Gasteiger partial charge in [-0.3, -0.25) is 4.79 Å². The first-order valence-corrected chi connectivity index (χ1v) is 10.2. The van der Waals surface area contributed by atoms with Crippen molar-refractivity contribution in [3.05, 3.63) is 87.6 Å². The van der Waals surface area contributed by atoms with Crippen molar-refractivity contribution in [2.45, 2.75) is 0 Å². The van der Waals surface area contributed by atoms with Crippen molar-refractivity contribution in [1.82, 2.24) is 14.8 Å². The van der Waals surface area contributed by atoms with Gasteiger partial charge in [-0.2, -0.15) is 0 Å². The Morgan fingerprint density at radius 2 is 1.61 bits per heavy atom. The van der Waals surface area contributed by atoms with Crippen LogP contribution in [0, 0.1) is 0 Å². The van der Waals surface area contributed by atoms with Crippen LogP contribution in [-0.2, 0) is 0 Å². The van der Waals surface area contributed by atoms with E-state index in [-0.39, 0.29) is 5.82 Å². The lowest BCUT2D eigenvalue weighted by atomic mass is 10.2. The van der Waals surface area contributed by atoms with Crippen LogP contribution < -0.4 is 10.1 Å². The number of amides is 1. The second kappa shape index (κ2) is 8.98. The molecule has 0 fully saturated rings. The molecule has 0 radical (unpaired) electrons. The molecular weight excluding hydrogens is 459 g/mol. The number of halogens is 3. The van der Waals surface area contributed by atoms with Gasteiger partial charge in [0.1, 0.15) is 5.75 Å². The number of aromatic nitrogens is 3. The lowest BCUT2D eigenvalue weighted by Gasteiger charge is -2.07. The molecule has 6 nitrogen and oxygen atoms in total. The van der Waals surface area contributed by atoms with Crippen molar-refractivity contribution in [2.75, 3.05) is 12.4 Å². The fourth-order valence-corrected chi connectivity index (χ4v) is 3.45. The summed E-state index contributed by atoms with van der Waals surface area (Å²) in [6.07, 6.45) is 0. The highest BCUT2D eigenvalue weighted by atomic mass is 35.5. The highest BCUT2D eigenvalue weighted by molar-refractivity contribution is 6.36. The first-order valence-electron chi connectivity index (χ1n) is 9.08. The number of benzene rings is 3. The van der Waals surface area contributed by atoms with Crippen LogP contribution in [0.4, 0.5) is 5.69 Å². The number of anilines is 1. The number of nitrogens with one attached hydrogen (secondary N) is 1. The van der Waals surface area contributed by atoms with Gasteiger partial charge in [-0.1, -0.05) is 34.8 Å². The molecule has 0 aliphatic rings. The van der Waals surface area contributed by atoms with Gasteiger partial charge >= 0.3 is 0 Å². The Balaban J connectivity index is 1.74. The molecule has 3 aromatic carbocycles. The largest absolute Gasteiger partial charge is 0.497 e. The normalized spacial score (nSPS) is 10.7. The van der Waals surface area contributed by atoms with Gasteiger partial charge in [0, 0.05) is 15.6 Å². The minimum absolute atomic E-state index is 0.0215. The van der Waals surface area contributed by atoms with Crippen molar-refractivity contribution < 1.29 is 9.53 Å². The van der Waals surface area contributed by atoms with Gasteiger partial charge in [-0.05, 0) is 66.7 Å². The zero-order valence-corrected chi connectivity index (χ0v) is 18.4. The molecule has 0 spiro atoms. The third kappa shape index (κ3) is 4.66. The minimum atomic E-state index is -0.508. The number of hydrogen-bond donors (Lipinski definition) is 1. The van der Waals surface area contributed by atoms with Crippen LogP contribution in [-0.4, -0.2) is 27.8 Å². The fourth-order valence-electron chi connectivity index (χ4n) is 2.87. The maximum absolute atomic E-state index is 12.9. The van der Waals surface area contributed by atoms with E-state index in [1.165, 1.54) is 0 Å². The van der Waals surface area contributed by atoms with Gasteiger partial charge < -0.3 is 10.1 Å². The molecule has 156 valence electrons. The van der Waals surface area contributed by atoms with Crippen LogP contribution in [0.3, 0.4) is 0 Å². The smallest absolute Gasteiger partial charge is 0.295 e. The highest BCUT2D eigenvalue weighted by Crippen LogP contribution is 2.27. The van der Waals surface area contributed by atoms with Crippen LogP contribution in [0.15, 0.2) is 66.7 Å². The summed E-state index contributed by atoms with van der Waals surface area (Å²) in [6, 6.07) is 19.2. The molecule has 9 heteroatoms. The van der Waals surface area contributed by atoms with E-state index in [2.05, 4.69) is 15.4 Å². The number of rotatable bonds is 5. The van der Waals surface area contributed by atoms with Gasteiger partial charge in [0.15, 0.2) is 5.82 Å². The van der Waals surface area contributed by atoms with Crippen molar-refractivity contribution in [3.8, 4) is 22.8 Å². The van der Waals surface area contributed by atoms with Gasteiger partial charge in [-0.15, -0.1) is 5.10 Å². The number of methoxy groups -OCH3 is 1. The number of carbonyl (C=O) groups excluding carboxylic acids is 1. The average molecular weight is 474 g/mol. The lowest BCUT2D eigenvalue weighted by molar-refractivity contribution is 0.101. The number of hydrogen-bond acceptors (Lipinski definition) is 4. The molecule has 4 aromatic rings. The van der Waals surface area contributed by atoms with Crippen LogP contribution in [0.25, 0.3) is 17.1 Å². The predicted octanol–water partition coefficient (Wildman–Crippen LogP) is 6.16. The number of carbonyl (C=O) groups is 1. The van der Waals surface area contributed by atoms with E-state index in [1.807, 2.05) is 24.3 Å². The minimum Gasteiger partial charge on any atom is -0.497 e. The Labute approximate surface area is 193 Å². The summed E-state index contributed by atoms with van der Waals surface area (Å²) in [4.78, 5) is 17.3. The molecule has 1 aromatic heterocycles. The first-order chi connectivity index (χ1) is 14.9. The second-order valence-electron chi connectivity index (χ2n) is 6.45. The second-order valence-corrected chi connectivity index (χ2v) is 7.73. The molecule has 4 rings (SSSR count). The molecule has 31 heavy (non-hydrogen) atoms. The zero-order chi connectivity index (χ0) is 22.0. The van der Waals surface area contributed by atoms with Crippen LogP contribution in [0.1, 0.15) is 10.6 Å². The molecule has 1 N–H and O–H groups in total. The van der Waals surface area contributed by atoms with E-state index < -0.39 is 5.91 Å². The van der Waals surface area contributed by atoms with Gasteiger partial charge in [0.2, 0.25) is 5.82 Å². The summed E-state index contributed by atoms with van der Waals surface area (Å²) in [7, 11) is 1.59. The van der Waals surface area contributed by atoms with Crippen LogP contribution >= 0.6 is 34.8 Å². The molecule has 0 saturated heterocycles. The SMILES string of the molecule is COc1ccc(-n2nc(C(=O)Nc3ccc(Cl)cc3Cl)nc2-c2ccc(Cl)cc2)cc1. The van der Waals surface area contributed by atoms with Crippen LogP contribution in [0.2, 0.25) is 15.1 Å². The monoisotopic (exact) mass is 472 g/mol. The Hall–Kier alpha value is -3.06. The number of nitrogens with zero attached hydrogens (tertiary/aromatic N) is 3. The summed E-state index contributed by atoms with van der Waals surface area (Å²) < 4.78 is 6.80. The van der Waals surface area contributed by atoms with E-state index >= 15 is 0 Å². The lowest BCUT2D eigenvalue weighted by Crippen LogP contribution is -2.14. The molecule has 1 heterocycles. The van der Waals surface area contributed by atoms with Gasteiger partial charge in [-0.25, -0.2) is 9.67 Å². The Morgan fingerprint density at radius 3 is 2.26 bits per heavy atom. The Kier molecular flexibility index (Phi) is 6.13. The maximum atomic E-state index is 12.9. The topological polar surface area (TPSA) is 69.0 Å². The Morgan fingerprint density at radius 1 is 0.935 bits per heavy atom. The molecule has 0 aliphatic carbocycles. The van der Waals surface area contributed by atoms with E-state index in [9.17, 15) is 4.79 Å². The summed E-state index contributed by atoms with van der Waals surface area (Å²) in [5.74, 6) is 0.653. The van der Waals surface area contributed by atoms with Gasteiger partial charge in [0.05, 0.1) is 23.5 Å². The molecule has 0 bridgehead atoms. The third-order valence-corrected chi connectivity index (χ3v) is 5.21. The predicted molar refractivity (Wildman–Crippen MR) is 123 cm³/mol. The van der Waals surface area contributed by atoms with Crippen molar-refractivity contribution >= 4 is 46.4 Å². The van der Waals surface area contributed by atoms with Gasteiger partial charge in [0.25, 0.3) is 5.91 Å². The molecule has 0 unspecified atom stereocenters. The third-order valence-electron chi connectivity index (χ3n) is 4.41. The first kappa shape index (κ1) is 21.2. The summed E-state index contributed by atoms with van der Waals surface area (Å²) in [5.41, 5.74) is 1.86. The van der Waals surface area contributed by atoms with Crippen LogP contribution in [0.5, 0.6) is 5.75 Å². The number of ether oxygens (including phenoxy) is 1. The molecule has 0 atom stereocenters. The Bertz CT molecular complexity index is 1240. The quantitative estimate of drug-likeness (QED) is 0.377. The standard InChI is InChI=1S/C22H15Cl3N4O2/c1-31-17-9-7-16(8-10-17)29-21(13-2-4-14(23)5-3-13)27-20(28-29)22(30)26-19-11-6-15(24)12-18(19)25/h2-12H,1H3,(H,26,30). The molecular formula is C22H15Cl3N4O2. The van der Waals surface area contributed by atoms with E-state index in [4.69, 9.17) is 39.5 Å². The highest BCUT2D eigenvalue weighted by Gasteiger charge is 2.20. The molecule has 0 saturated carbocycles. The van der Waals surface area contributed by atoms with Crippen molar-refractivity contribution in [2.24, 2.45) is 0 Å². The van der Waals surface area contributed by atoms with Crippen molar-refractivity contribution in [3.63, 3.8) is 0 Å². The summed E-state index contributed by atoms with van der Waals surface area (Å²) in [5, 5.41) is 8.52. The maximum Gasteiger partial charge on any atom is 0.295 e. The molecule has 0 aliphatic heterocycles. The van der Waals surface area contributed by atoms with E-state index in [0.29, 0.717) is 38.0 Å². The average Bonchev–Trinajstić information content (AvgIpc) is 3.22. The van der Waals surface area contributed by atoms with E-state index in [1.54, 1.807) is 54.3 Å². The summed E-state index contributed by atoms with van der Waals surface area (Å²) in [6.45, 7) is 0. The molecule has 1 amide bonds. The van der Waals surface area contributed by atoms with E-state index in [0.717, 1.165) is 5.56 Å². The summed E-state index contributed by atoms with van der Waals surface area (Å²) >= 11 is 18.1. The van der Waals surface area contributed by atoms with Crippen molar-refractivity contribution in [1.29, 1.82) is 0 Å². The zero-order valence-electron chi connectivity index (χ0n) is 16.1. The fraction of sp³-hybridized carbons (Fsp3) is 0.0455.